The minimum absolute atomic E-state index is 0.0666. The summed E-state index contributed by atoms with van der Waals surface area (Å²) in [6.07, 6.45) is 2.80. The predicted molar refractivity (Wildman–Crippen MR) is 110 cm³/mol. The van der Waals surface area contributed by atoms with Gasteiger partial charge in [0.1, 0.15) is 0 Å². The molecular weight excluding hydrogens is 368 g/mol. The van der Waals surface area contributed by atoms with Crippen molar-refractivity contribution in [2.24, 2.45) is 0 Å². The van der Waals surface area contributed by atoms with E-state index in [1.54, 1.807) is 6.08 Å². The molecule has 2 amide bonds. The molecular formula is C20H25ClN2O2S. The van der Waals surface area contributed by atoms with Gasteiger partial charge in [-0.2, -0.15) is 0 Å². The van der Waals surface area contributed by atoms with E-state index in [-0.39, 0.29) is 22.7 Å². The lowest BCUT2D eigenvalue weighted by molar-refractivity contribution is -0.123. The molecule has 1 fully saturated rings. The third-order valence-corrected chi connectivity index (χ3v) is 6.59. The number of halogens is 1. The van der Waals surface area contributed by atoms with Crippen molar-refractivity contribution in [3.8, 4) is 0 Å². The van der Waals surface area contributed by atoms with Crippen molar-refractivity contribution in [3.05, 3.63) is 33.2 Å². The summed E-state index contributed by atoms with van der Waals surface area (Å²) in [4.78, 5) is 28.6. The number of hydrogen-bond donors (Lipinski definition) is 0. The van der Waals surface area contributed by atoms with Crippen LogP contribution in [0, 0.1) is 0 Å². The van der Waals surface area contributed by atoms with Gasteiger partial charge in [-0.3, -0.25) is 14.5 Å². The van der Waals surface area contributed by atoms with Gasteiger partial charge in [0, 0.05) is 29.3 Å². The average molecular weight is 393 g/mol. The van der Waals surface area contributed by atoms with Crippen molar-refractivity contribution in [1.82, 2.24) is 4.90 Å². The summed E-state index contributed by atoms with van der Waals surface area (Å²) >= 11 is 7.52. The van der Waals surface area contributed by atoms with Crippen LogP contribution in [0.3, 0.4) is 0 Å². The van der Waals surface area contributed by atoms with E-state index in [0.29, 0.717) is 15.8 Å². The topological polar surface area (TPSA) is 40.6 Å². The third kappa shape index (κ3) is 3.16. The average Bonchev–Trinajstić information content (AvgIpc) is 2.80. The summed E-state index contributed by atoms with van der Waals surface area (Å²) in [5, 5.41) is 0.372. The van der Waals surface area contributed by atoms with Gasteiger partial charge in [-0.1, -0.05) is 18.5 Å². The molecule has 4 nitrogen and oxygen atoms in total. The fourth-order valence-corrected chi connectivity index (χ4v) is 4.95. The van der Waals surface area contributed by atoms with Crippen LogP contribution < -0.4 is 4.90 Å². The highest BCUT2D eigenvalue weighted by Crippen LogP contribution is 2.45. The number of rotatable bonds is 2. The van der Waals surface area contributed by atoms with E-state index >= 15 is 0 Å². The number of anilines is 1. The summed E-state index contributed by atoms with van der Waals surface area (Å²) in [6.45, 7) is 10.4. The van der Waals surface area contributed by atoms with Gasteiger partial charge in [0.05, 0.1) is 4.91 Å². The second kappa shape index (κ2) is 6.61. The molecule has 2 aliphatic heterocycles. The molecule has 2 aliphatic rings. The van der Waals surface area contributed by atoms with E-state index in [4.69, 9.17) is 11.6 Å². The first-order chi connectivity index (χ1) is 12.0. The van der Waals surface area contributed by atoms with Crippen LogP contribution in [0.25, 0.3) is 6.08 Å². The first-order valence-electron chi connectivity index (χ1n) is 8.87. The van der Waals surface area contributed by atoms with E-state index in [2.05, 4.69) is 38.8 Å². The predicted octanol–water partition coefficient (Wildman–Crippen LogP) is 5.51. The largest absolute Gasteiger partial charge is 0.369 e. The van der Waals surface area contributed by atoms with Crippen LogP contribution in [0.5, 0.6) is 0 Å². The van der Waals surface area contributed by atoms with Gasteiger partial charge in [-0.15, -0.1) is 0 Å². The van der Waals surface area contributed by atoms with Crippen molar-refractivity contribution < 1.29 is 9.59 Å². The number of amides is 2. The van der Waals surface area contributed by atoms with Gasteiger partial charge in [-0.25, -0.2) is 0 Å². The molecule has 1 saturated heterocycles. The molecule has 0 aromatic heterocycles. The van der Waals surface area contributed by atoms with Crippen LogP contribution in [-0.4, -0.2) is 34.7 Å². The molecule has 1 unspecified atom stereocenters. The normalized spacial score (nSPS) is 24.0. The minimum atomic E-state index is -0.241. The van der Waals surface area contributed by atoms with Crippen molar-refractivity contribution in [1.29, 1.82) is 0 Å². The van der Waals surface area contributed by atoms with Gasteiger partial charge in [0.2, 0.25) is 0 Å². The Morgan fingerprint density at radius 3 is 2.54 bits per heavy atom. The third-order valence-electron chi connectivity index (χ3n) is 5.38. The van der Waals surface area contributed by atoms with E-state index in [1.165, 1.54) is 10.5 Å². The molecule has 26 heavy (non-hydrogen) atoms. The van der Waals surface area contributed by atoms with E-state index < -0.39 is 0 Å². The van der Waals surface area contributed by atoms with Crippen LogP contribution in [0.2, 0.25) is 5.02 Å². The molecule has 0 N–H and O–H groups in total. The Morgan fingerprint density at radius 1 is 1.31 bits per heavy atom. The second-order valence-electron chi connectivity index (χ2n) is 8.05. The van der Waals surface area contributed by atoms with Crippen molar-refractivity contribution in [3.63, 3.8) is 0 Å². The maximum atomic E-state index is 12.5. The van der Waals surface area contributed by atoms with Crippen LogP contribution in [0.4, 0.5) is 10.5 Å². The molecule has 0 bridgehead atoms. The Labute approximate surface area is 164 Å². The maximum absolute atomic E-state index is 12.5. The number of thioether (sulfide) groups is 1. The highest BCUT2D eigenvalue weighted by molar-refractivity contribution is 8.18. The monoisotopic (exact) mass is 392 g/mol. The minimum Gasteiger partial charge on any atom is -0.369 e. The Balaban J connectivity index is 2.03. The second-order valence-corrected chi connectivity index (χ2v) is 9.46. The van der Waals surface area contributed by atoms with Crippen LogP contribution in [0.15, 0.2) is 17.0 Å². The Bertz CT molecular complexity index is 816. The Kier molecular flexibility index (Phi) is 4.91. The smallest absolute Gasteiger partial charge is 0.293 e. The molecule has 0 radical (unpaired) electrons. The van der Waals surface area contributed by atoms with Gasteiger partial charge >= 0.3 is 0 Å². The van der Waals surface area contributed by atoms with Gasteiger partial charge in [0.15, 0.2) is 0 Å². The molecule has 1 aromatic carbocycles. The first-order valence-corrected chi connectivity index (χ1v) is 10.1. The molecule has 0 saturated carbocycles. The standard InChI is InChI=1S/C20H25ClN2O2S/c1-11(2)23-18(24)17(26-19(23)25)8-13-7-14-12(3)10-20(4,5)22(6)16(14)9-15(13)21/h7-9,11-12H,10H2,1-6H3/b17-8+. The highest BCUT2D eigenvalue weighted by Gasteiger charge is 2.37. The SMILES string of the molecule is CC1CC(C)(C)N(C)c2cc(Cl)c(/C=C3/SC(=O)N(C(C)C)C3=O)cc21. The molecule has 6 heteroatoms. The summed E-state index contributed by atoms with van der Waals surface area (Å²) in [5.74, 6) is 0.154. The van der Waals surface area contributed by atoms with E-state index in [0.717, 1.165) is 29.4 Å². The fourth-order valence-electron chi connectivity index (χ4n) is 3.78. The van der Waals surface area contributed by atoms with Gasteiger partial charge in [-0.05, 0) is 81.1 Å². The summed E-state index contributed by atoms with van der Waals surface area (Å²) in [5.41, 5.74) is 3.22. The summed E-state index contributed by atoms with van der Waals surface area (Å²) in [7, 11) is 2.09. The van der Waals surface area contributed by atoms with Crippen molar-refractivity contribution in [2.75, 3.05) is 11.9 Å². The van der Waals surface area contributed by atoms with Crippen molar-refractivity contribution in [2.45, 2.75) is 58.5 Å². The number of carbonyl (C=O) groups is 2. The zero-order chi connectivity index (χ0) is 19.4. The lowest BCUT2D eigenvalue weighted by atomic mass is 9.80. The lowest BCUT2D eigenvalue weighted by Crippen LogP contribution is -2.45. The molecule has 140 valence electrons. The first kappa shape index (κ1) is 19.3. The molecule has 1 aromatic rings. The van der Waals surface area contributed by atoms with Gasteiger partial charge < -0.3 is 4.90 Å². The Hall–Kier alpha value is -1.46. The van der Waals surface area contributed by atoms with E-state index in [9.17, 15) is 9.59 Å². The molecule has 3 rings (SSSR count). The highest BCUT2D eigenvalue weighted by atomic mass is 35.5. The quantitative estimate of drug-likeness (QED) is 0.622. The molecule has 2 heterocycles. The van der Waals surface area contributed by atoms with Crippen molar-refractivity contribution >= 4 is 46.3 Å². The van der Waals surface area contributed by atoms with Gasteiger partial charge in [0.25, 0.3) is 11.1 Å². The summed E-state index contributed by atoms with van der Waals surface area (Å²) < 4.78 is 0. The number of carbonyl (C=O) groups excluding carboxylic acids is 2. The number of fused-ring (bicyclic) bond motifs is 1. The Morgan fingerprint density at radius 2 is 1.96 bits per heavy atom. The van der Waals surface area contributed by atoms with Crippen LogP contribution in [0.1, 0.15) is 58.1 Å². The zero-order valence-corrected chi connectivity index (χ0v) is 17.7. The fraction of sp³-hybridized carbons (Fsp3) is 0.500. The molecule has 1 atom stereocenters. The maximum Gasteiger partial charge on any atom is 0.293 e. The lowest BCUT2D eigenvalue weighted by Gasteiger charge is -2.45. The number of nitrogens with zero attached hydrogens (tertiary/aromatic N) is 2. The van der Waals surface area contributed by atoms with Crippen LogP contribution in [-0.2, 0) is 4.79 Å². The number of imide groups is 1. The number of hydrogen-bond acceptors (Lipinski definition) is 4. The van der Waals surface area contributed by atoms with E-state index in [1.807, 2.05) is 19.9 Å². The summed E-state index contributed by atoms with van der Waals surface area (Å²) in [6, 6.07) is 3.90. The zero-order valence-electron chi connectivity index (χ0n) is 16.1. The number of benzene rings is 1. The van der Waals surface area contributed by atoms with Crippen LogP contribution >= 0.6 is 23.4 Å². The molecule has 0 aliphatic carbocycles. The molecule has 0 spiro atoms.